The second-order valence-corrected chi connectivity index (χ2v) is 11.7. The van der Waals surface area contributed by atoms with Crippen LogP contribution in [0.4, 0.5) is 0 Å². The van der Waals surface area contributed by atoms with Gasteiger partial charge in [0.25, 0.3) is 0 Å². The van der Waals surface area contributed by atoms with Crippen molar-refractivity contribution >= 4 is 17.5 Å². The van der Waals surface area contributed by atoms with Gasteiger partial charge in [-0.15, -0.1) is 11.8 Å². The van der Waals surface area contributed by atoms with Crippen LogP contribution in [0, 0.1) is 5.41 Å². The molecule has 0 fully saturated rings. The highest BCUT2D eigenvalue weighted by Crippen LogP contribution is 2.40. The third kappa shape index (κ3) is 7.12. The largest absolute Gasteiger partial charge is 0.302 e. The zero-order chi connectivity index (χ0) is 16.6. The maximum Gasteiger partial charge on any atom is 0.156 e. The second-order valence-electron chi connectivity index (χ2n) is 9.26. The van der Waals surface area contributed by atoms with Gasteiger partial charge in [0, 0.05) is 20.4 Å². The molecule has 0 rings (SSSR count). The molecule has 0 saturated carbocycles. The third-order valence-electron chi connectivity index (χ3n) is 2.84. The standard InChI is InChI=1S/C17H35NOS/c1-14(2,3)13(19)12(18-15(4,5)6)17(10,11)20-16(7,8)9/h12,18H,1-11H3. The predicted octanol–water partition coefficient (Wildman–Crippen LogP) is 4.67. The molecule has 0 aliphatic heterocycles. The number of hydrogen-bond donors (Lipinski definition) is 1. The van der Waals surface area contributed by atoms with Gasteiger partial charge in [-0.25, -0.2) is 0 Å². The molecule has 1 N–H and O–H groups in total. The highest BCUT2D eigenvalue weighted by molar-refractivity contribution is 8.02. The molecule has 0 heterocycles. The average molecular weight is 302 g/mol. The average Bonchev–Trinajstić information content (AvgIpc) is 2.05. The van der Waals surface area contributed by atoms with Crippen LogP contribution in [0.25, 0.3) is 0 Å². The molecule has 2 nitrogen and oxygen atoms in total. The van der Waals surface area contributed by atoms with E-state index >= 15 is 0 Å². The van der Waals surface area contributed by atoms with E-state index in [0.29, 0.717) is 0 Å². The van der Waals surface area contributed by atoms with Gasteiger partial charge in [0.1, 0.15) is 0 Å². The highest BCUT2D eigenvalue weighted by Gasteiger charge is 2.43. The number of Topliss-reactive ketones (excluding diaryl/α,β-unsaturated/α-hetero) is 1. The number of carbonyl (C=O) groups excluding carboxylic acids is 1. The fourth-order valence-electron chi connectivity index (χ4n) is 2.27. The number of hydrogen-bond acceptors (Lipinski definition) is 3. The molecule has 0 amide bonds. The molecule has 3 heteroatoms. The zero-order valence-corrected chi connectivity index (χ0v) is 16.2. The Kier molecular flexibility index (Phi) is 5.99. The summed E-state index contributed by atoms with van der Waals surface area (Å²) in [5, 5.41) is 3.56. The van der Waals surface area contributed by atoms with Crippen LogP contribution < -0.4 is 5.32 Å². The molecule has 0 saturated heterocycles. The minimum absolute atomic E-state index is 0.0821. The summed E-state index contributed by atoms with van der Waals surface area (Å²) in [6.07, 6.45) is 0. The van der Waals surface area contributed by atoms with E-state index in [1.54, 1.807) is 0 Å². The van der Waals surface area contributed by atoms with Crippen LogP contribution in [0.3, 0.4) is 0 Å². The molecule has 0 bridgehead atoms. The molecule has 1 atom stereocenters. The van der Waals surface area contributed by atoms with Gasteiger partial charge in [-0.1, -0.05) is 41.5 Å². The van der Waals surface area contributed by atoms with Gasteiger partial charge in [0.15, 0.2) is 5.78 Å². The first-order chi connectivity index (χ1) is 8.46. The normalized spacial score (nSPS) is 16.1. The van der Waals surface area contributed by atoms with E-state index in [2.05, 4.69) is 60.7 Å². The van der Waals surface area contributed by atoms with Gasteiger partial charge in [0.2, 0.25) is 0 Å². The summed E-state index contributed by atoms with van der Waals surface area (Å²) in [5.74, 6) is 0.286. The molecule has 0 aliphatic carbocycles. The van der Waals surface area contributed by atoms with E-state index in [4.69, 9.17) is 0 Å². The van der Waals surface area contributed by atoms with Crippen molar-refractivity contribution in [2.75, 3.05) is 0 Å². The summed E-state index contributed by atoms with van der Waals surface area (Å²) in [4.78, 5) is 12.9. The monoisotopic (exact) mass is 301 g/mol. The van der Waals surface area contributed by atoms with Crippen LogP contribution >= 0.6 is 11.8 Å². The molecule has 0 aromatic heterocycles. The highest BCUT2D eigenvalue weighted by atomic mass is 32.2. The van der Waals surface area contributed by atoms with E-state index in [1.807, 2.05) is 32.5 Å². The van der Waals surface area contributed by atoms with Gasteiger partial charge in [0.05, 0.1) is 6.04 Å². The summed E-state index contributed by atoms with van der Waals surface area (Å²) in [5.41, 5.74) is -0.417. The number of nitrogens with one attached hydrogen (secondary N) is 1. The van der Waals surface area contributed by atoms with Gasteiger partial charge < -0.3 is 5.32 Å². The molecule has 0 aromatic rings. The van der Waals surface area contributed by atoms with E-state index in [9.17, 15) is 4.79 Å². The minimum atomic E-state index is -0.335. The number of ketones is 1. The Bertz CT molecular complexity index is 339. The topological polar surface area (TPSA) is 29.1 Å². The predicted molar refractivity (Wildman–Crippen MR) is 92.6 cm³/mol. The first-order valence-electron chi connectivity index (χ1n) is 7.48. The second kappa shape index (κ2) is 6.00. The van der Waals surface area contributed by atoms with Gasteiger partial charge in [-0.05, 0) is 34.6 Å². The Morgan fingerprint density at radius 2 is 1.25 bits per heavy atom. The van der Waals surface area contributed by atoms with Crippen molar-refractivity contribution in [2.45, 2.75) is 97.2 Å². The van der Waals surface area contributed by atoms with Crippen LogP contribution in [0.1, 0.15) is 76.2 Å². The third-order valence-corrected chi connectivity index (χ3v) is 4.22. The summed E-state index contributed by atoms with van der Waals surface area (Å²) >= 11 is 1.87. The fraction of sp³-hybridized carbons (Fsp3) is 0.941. The first-order valence-corrected chi connectivity index (χ1v) is 8.29. The van der Waals surface area contributed by atoms with Crippen LogP contribution in [0.2, 0.25) is 0 Å². The van der Waals surface area contributed by atoms with E-state index < -0.39 is 0 Å². The van der Waals surface area contributed by atoms with Crippen LogP contribution in [-0.2, 0) is 4.79 Å². The minimum Gasteiger partial charge on any atom is -0.302 e. The van der Waals surface area contributed by atoms with Crippen molar-refractivity contribution in [3.05, 3.63) is 0 Å². The van der Waals surface area contributed by atoms with E-state index in [0.717, 1.165) is 0 Å². The molecule has 0 aromatic carbocycles. The molecular weight excluding hydrogens is 266 g/mol. The molecule has 20 heavy (non-hydrogen) atoms. The quantitative estimate of drug-likeness (QED) is 0.818. The van der Waals surface area contributed by atoms with Crippen molar-refractivity contribution < 1.29 is 4.79 Å². The van der Waals surface area contributed by atoms with Crippen molar-refractivity contribution in [3.8, 4) is 0 Å². The van der Waals surface area contributed by atoms with E-state index in [1.165, 1.54) is 0 Å². The molecule has 0 radical (unpaired) electrons. The number of rotatable bonds is 4. The lowest BCUT2D eigenvalue weighted by molar-refractivity contribution is -0.129. The summed E-state index contributed by atoms with van der Waals surface area (Å²) in [7, 11) is 0. The van der Waals surface area contributed by atoms with Crippen molar-refractivity contribution in [1.29, 1.82) is 0 Å². The van der Waals surface area contributed by atoms with Crippen LogP contribution in [-0.4, -0.2) is 26.9 Å². The lowest BCUT2D eigenvalue weighted by atomic mass is 9.81. The molecule has 0 aliphatic rings. The maximum absolute atomic E-state index is 12.9. The molecule has 1 unspecified atom stereocenters. The Morgan fingerprint density at radius 1 is 0.850 bits per heavy atom. The smallest absolute Gasteiger partial charge is 0.156 e. The molecule has 0 spiro atoms. The lowest BCUT2D eigenvalue weighted by Gasteiger charge is -2.43. The Hall–Kier alpha value is -0.0200. The summed E-state index contributed by atoms with van der Waals surface area (Å²) in [6, 6.07) is -0.160. The van der Waals surface area contributed by atoms with Gasteiger partial charge >= 0.3 is 0 Å². The zero-order valence-electron chi connectivity index (χ0n) is 15.4. The number of carbonyl (C=O) groups is 1. The van der Waals surface area contributed by atoms with Crippen LogP contribution in [0.5, 0.6) is 0 Å². The number of thioether (sulfide) groups is 1. The van der Waals surface area contributed by atoms with Crippen LogP contribution in [0.15, 0.2) is 0 Å². The first kappa shape index (κ1) is 20.0. The SMILES string of the molecule is CC(C)(C)NC(C(=O)C(C)(C)C)C(C)(C)SC(C)(C)C. The van der Waals surface area contributed by atoms with E-state index in [-0.39, 0.29) is 32.3 Å². The Balaban J connectivity index is 5.48. The summed E-state index contributed by atoms with van der Waals surface area (Å²) < 4.78 is -0.0324. The Morgan fingerprint density at radius 3 is 1.50 bits per heavy atom. The van der Waals surface area contributed by atoms with Gasteiger partial charge in [-0.3, -0.25) is 4.79 Å². The maximum atomic E-state index is 12.9. The molecular formula is C17H35NOS. The molecule has 120 valence electrons. The van der Waals surface area contributed by atoms with Crippen molar-refractivity contribution in [2.24, 2.45) is 5.41 Å². The fourth-order valence-corrected chi connectivity index (χ4v) is 4.13. The Labute approximate surface area is 130 Å². The van der Waals surface area contributed by atoms with Crippen molar-refractivity contribution in [1.82, 2.24) is 5.32 Å². The van der Waals surface area contributed by atoms with Crippen molar-refractivity contribution in [3.63, 3.8) is 0 Å². The lowest BCUT2D eigenvalue weighted by Crippen LogP contribution is -2.59. The summed E-state index contributed by atoms with van der Waals surface area (Å²) in [6.45, 7) is 23.3. The van der Waals surface area contributed by atoms with Gasteiger partial charge in [-0.2, -0.15) is 0 Å².